The Labute approximate surface area is 112 Å². The maximum absolute atomic E-state index is 11.7. The van der Waals surface area contributed by atoms with Crippen molar-refractivity contribution in [1.29, 1.82) is 5.26 Å². The Balaban J connectivity index is 2.41. The molecule has 2 rings (SSSR count). The number of Topliss-reactive ketones (excluding diaryl/α,β-unsaturated/α-hetero) is 1. The zero-order valence-corrected chi connectivity index (χ0v) is 10.2. The SMILES string of the molecule is CC(=O)c1cc(C#N)cc(NC(=O)c2nn[nH]n2)c1O. The van der Waals surface area contributed by atoms with Gasteiger partial charge >= 0.3 is 0 Å². The average molecular weight is 272 g/mol. The lowest BCUT2D eigenvalue weighted by atomic mass is 10.1. The number of tetrazole rings is 1. The van der Waals surface area contributed by atoms with Gasteiger partial charge in [0.15, 0.2) is 5.78 Å². The number of hydrogen-bond donors (Lipinski definition) is 3. The van der Waals surface area contributed by atoms with Crippen LogP contribution in [0.15, 0.2) is 12.1 Å². The van der Waals surface area contributed by atoms with Crippen LogP contribution in [0.2, 0.25) is 0 Å². The van der Waals surface area contributed by atoms with Crippen LogP contribution in [0.1, 0.15) is 33.5 Å². The third kappa shape index (κ3) is 2.44. The van der Waals surface area contributed by atoms with Gasteiger partial charge in [-0.15, -0.1) is 10.2 Å². The molecule has 0 atom stereocenters. The Morgan fingerprint density at radius 3 is 2.75 bits per heavy atom. The predicted molar refractivity (Wildman–Crippen MR) is 65.0 cm³/mol. The molecule has 0 radical (unpaired) electrons. The summed E-state index contributed by atoms with van der Waals surface area (Å²) in [5.74, 6) is -1.84. The molecule has 2 aromatic rings. The molecule has 1 amide bonds. The van der Waals surface area contributed by atoms with Gasteiger partial charge in [-0.3, -0.25) is 9.59 Å². The number of phenolic OH excluding ortho intramolecular Hbond substituents is 1. The number of amides is 1. The van der Waals surface area contributed by atoms with Crippen molar-refractivity contribution in [2.45, 2.75) is 6.92 Å². The van der Waals surface area contributed by atoms with E-state index in [9.17, 15) is 14.7 Å². The number of carbonyl (C=O) groups is 2. The van der Waals surface area contributed by atoms with Crippen LogP contribution in [0.4, 0.5) is 5.69 Å². The van der Waals surface area contributed by atoms with E-state index in [4.69, 9.17) is 5.26 Å². The van der Waals surface area contributed by atoms with Gasteiger partial charge in [0, 0.05) is 0 Å². The number of phenols is 1. The zero-order chi connectivity index (χ0) is 14.7. The number of ketones is 1. The Morgan fingerprint density at radius 1 is 1.45 bits per heavy atom. The fourth-order valence-corrected chi connectivity index (χ4v) is 1.50. The number of nitrogens with zero attached hydrogens (tertiary/aromatic N) is 4. The molecule has 0 bridgehead atoms. The maximum Gasteiger partial charge on any atom is 0.297 e. The van der Waals surface area contributed by atoms with Crippen molar-refractivity contribution in [1.82, 2.24) is 20.6 Å². The van der Waals surface area contributed by atoms with Crippen LogP contribution in [-0.2, 0) is 0 Å². The summed E-state index contributed by atoms with van der Waals surface area (Å²) in [6.07, 6.45) is 0. The van der Waals surface area contributed by atoms with Crippen molar-refractivity contribution in [2.24, 2.45) is 0 Å². The van der Waals surface area contributed by atoms with Crippen LogP contribution in [0.3, 0.4) is 0 Å². The van der Waals surface area contributed by atoms with Crippen molar-refractivity contribution in [3.05, 3.63) is 29.1 Å². The number of anilines is 1. The van der Waals surface area contributed by atoms with E-state index in [0.29, 0.717) is 0 Å². The lowest BCUT2D eigenvalue weighted by molar-refractivity contribution is 0.1000. The number of nitriles is 1. The molecule has 9 heteroatoms. The summed E-state index contributed by atoms with van der Waals surface area (Å²) in [5.41, 5.74) is -0.0204. The maximum atomic E-state index is 11.7. The first-order valence-electron chi connectivity index (χ1n) is 5.35. The number of benzene rings is 1. The van der Waals surface area contributed by atoms with Crippen LogP contribution in [0, 0.1) is 11.3 Å². The van der Waals surface area contributed by atoms with E-state index in [-0.39, 0.29) is 22.6 Å². The minimum absolute atomic E-state index is 0.0625. The normalized spacial score (nSPS) is 9.80. The molecule has 0 aliphatic carbocycles. The summed E-state index contributed by atoms with van der Waals surface area (Å²) in [7, 11) is 0. The number of rotatable bonds is 3. The topological polar surface area (TPSA) is 145 Å². The number of aromatic nitrogens is 4. The van der Waals surface area contributed by atoms with E-state index in [1.54, 1.807) is 0 Å². The van der Waals surface area contributed by atoms with Gasteiger partial charge in [-0.05, 0) is 24.3 Å². The molecule has 0 aliphatic heterocycles. The second-order valence-electron chi connectivity index (χ2n) is 3.78. The van der Waals surface area contributed by atoms with Gasteiger partial charge in [0.25, 0.3) is 11.7 Å². The molecule has 0 aliphatic rings. The van der Waals surface area contributed by atoms with Gasteiger partial charge in [0.2, 0.25) is 0 Å². The van der Waals surface area contributed by atoms with E-state index >= 15 is 0 Å². The van der Waals surface area contributed by atoms with Crippen molar-refractivity contribution in [3.63, 3.8) is 0 Å². The molecule has 9 nitrogen and oxygen atoms in total. The standard InChI is InChI=1S/C11H8N6O3/c1-5(18)7-2-6(4-12)3-8(9(7)19)13-11(20)10-14-16-17-15-10/h2-3,19H,1H3,(H,13,20)(H,14,15,16,17). The zero-order valence-electron chi connectivity index (χ0n) is 10.2. The highest BCUT2D eigenvalue weighted by atomic mass is 16.3. The minimum Gasteiger partial charge on any atom is -0.505 e. The van der Waals surface area contributed by atoms with Crippen LogP contribution >= 0.6 is 0 Å². The van der Waals surface area contributed by atoms with Crippen molar-refractivity contribution in [3.8, 4) is 11.8 Å². The Morgan fingerprint density at radius 2 is 2.20 bits per heavy atom. The summed E-state index contributed by atoms with van der Waals surface area (Å²) in [5, 5.41) is 33.4. The van der Waals surface area contributed by atoms with Crippen LogP contribution in [-0.4, -0.2) is 37.4 Å². The molecule has 1 heterocycles. The number of nitrogens with one attached hydrogen (secondary N) is 2. The quantitative estimate of drug-likeness (QED) is 0.535. The second kappa shape index (κ2) is 5.15. The predicted octanol–water partition coefficient (Wildman–Crippen LogP) is 0.232. The molecule has 3 N–H and O–H groups in total. The van der Waals surface area contributed by atoms with Gasteiger partial charge in [-0.1, -0.05) is 0 Å². The van der Waals surface area contributed by atoms with E-state index in [0.717, 1.165) is 0 Å². The smallest absolute Gasteiger partial charge is 0.297 e. The van der Waals surface area contributed by atoms with E-state index in [1.165, 1.54) is 19.1 Å². The molecule has 0 spiro atoms. The summed E-state index contributed by atoms with van der Waals surface area (Å²) in [6.45, 7) is 1.24. The molecular formula is C11H8N6O3. The van der Waals surface area contributed by atoms with Gasteiger partial charge in [0.05, 0.1) is 22.9 Å². The fourth-order valence-electron chi connectivity index (χ4n) is 1.50. The molecule has 1 aromatic heterocycles. The first-order chi connectivity index (χ1) is 9.52. The summed E-state index contributed by atoms with van der Waals surface area (Å²) in [4.78, 5) is 23.1. The van der Waals surface area contributed by atoms with Crippen molar-refractivity contribution < 1.29 is 14.7 Å². The number of aromatic amines is 1. The molecule has 0 saturated carbocycles. The minimum atomic E-state index is -0.737. The highest BCUT2D eigenvalue weighted by Gasteiger charge is 2.18. The van der Waals surface area contributed by atoms with Crippen molar-refractivity contribution >= 4 is 17.4 Å². The number of carbonyl (C=O) groups excluding carboxylic acids is 2. The fraction of sp³-hybridized carbons (Fsp3) is 0.0909. The lowest BCUT2D eigenvalue weighted by Crippen LogP contribution is -2.14. The molecule has 0 saturated heterocycles. The third-order valence-corrected chi connectivity index (χ3v) is 2.41. The monoisotopic (exact) mass is 272 g/mol. The largest absolute Gasteiger partial charge is 0.505 e. The second-order valence-corrected chi connectivity index (χ2v) is 3.78. The molecule has 20 heavy (non-hydrogen) atoms. The van der Waals surface area contributed by atoms with Gasteiger partial charge in [-0.2, -0.15) is 10.5 Å². The number of aromatic hydroxyl groups is 1. The highest BCUT2D eigenvalue weighted by Crippen LogP contribution is 2.30. The summed E-state index contributed by atoms with van der Waals surface area (Å²) in [6, 6.07) is 4.31. The molecule has 0 fully saturated rings. The highest BCUT2D eigenvalue weighted by molar-refractivity contribution is 6.05. The Bertz CT molecular complexity index is 716. The Hall–Kier alpha value is -3.28. The molecular weight excluding hydrogens is 264 g/mol. The van der Waals surface area contributed by atoms with Crippen molar-refractivity contribution in [2.75, 3.05) is 5.32 Å². The van der Waals surface area contributed by atoms with E-state index in [2.05, 4.69) is 25.9 Å². The first-order valence-corrected chi connectivity index (χ1v) is 5.35. The lowest BCUT2D eigenvalue weighted by Gasteiger charge is -2.09. The number of H-pyrrole nitrogens is 1. The van der Waals surface area contributed by atoms with Crippen LogP contribution in [0.25, 0.3) is 0 Å². The Kier molecular flexibility index (Phi) is 3.39. The molecule has 100 valence electrons. The summed E-state index contributed by atoms with van der Waals surface area (Å²) < 4.78 is 0. The van der Waals surface area contributed by atoms with Gasteiger partial charge in [0.1, 0.15) is 5.75 Å². The molecule has 0 unspecified atom stereocenters. The average Bonchev–Trinajstić information content (AvgIpc) is 2.94. The molecule has 1 aromatic carbocycles. The van der Waals surface area contributed by atoms with Gasteiger partial charge in [-0.25, -0.2) is 0 Å². The van der Waals surface area contributed by atoms with E-state index in [1.807, 2.05) is 6.07 Å². The third-order valence-electron chi connectivity index (χ3n) is 2.41. The summed E-state index contributed by atoms with van der Waals surface area (Å²) >= 11 is 0. The van der Waals surface area contributed by atoms with Crippen LogP contribution < -0.4 is 5.32 Å². The van der Waals surface area contributed by atoms with Gasteiger partial charge < -0.3 is 10.4 Å². The van der Waals surface area contributed by atoms with Crippen LogP contribution in [0.5, 0.6) is 5.75 Å². The first kappa shape index (κ1) is 13.2. The number of hydrogen-bond acceptors (Lipinski definition) is 7. The van der Waals surface area contributed by atoms with E-state index < -0.39 is 17.4 Å².